The van der Waals surface area contributed by atoms with Gasteiger partial charge in [-0.2, -0.15) is 5.10 Å². The van der Waals surface area contributed by atoms with Crippen LogP contribution in [0.1, 0.15) is 5.69 Å². The Bertz CT molecular complexity index is 549. The quantitative estimate of drug-likeness (QED) is 0.758. The van der Waals surface area contributed by atoms with E-state index in [1.807, 2.05) is 20.0 Å². The topological polar surface area (TPSA) is 17.8 Å². The van der Waals surface area contributed by atoms with Crippen molar-refractivity contribution < 1.29 is 0 Å². The second-order valence-electron chi connectivity index (χ2n) is 3.50. The second-order valence-corrected chi connectivity index (χ2v) is 5.13. The van der Waals surface area contributed by atoms with Crippen molar-refractivity contribution in [1.82, 2.24) is 9.78 Å². The van der Waals surface area contributed by atoms with Gasteiger partial charge in [0, 0.05) is 23.3 Å². The molecule has 1 aromatic heterocycles. The number of nitrogens with zero attached hydrogens (tertiary/aromatic N) is 2. The molecule has 0 N–H and O–H groups in total. The molecule has 0 aliphatic carbocycles. The van der Waals surface area contributed by atoms with Crippen LogP contribution >= 0.6 is 39.1 Å². The fraction of sp³-hybridized carbons (Fsp3) is 0.182. The maximum Gasteiger partial charge on any atom is 0.108 e. The Morgan fingerprint density at radius 1 is 1.31 bits per heavy atom. The van der Waals surface area contributed by atoms with Crippen molar-refractivity contribution in [2.75, 3.05) is 0 Å². The highest BCUT2D eigenvalue weighted by Gasteiger charge is 2.15. The zero-order valence-corrected chi connectivity index (χ0v) is 11.9. The van der Waals surface area contributed by atoms with Gasteiger partial charge in [-0.3, -0.25) is 4.68 Å². The van der Waals surface area contributed by atoms with Crippen molar-refractivity contribution in [2.45, 2.75) is 6.92 Å². The van der Waals surface area contributed by atoms with Gasteiger partial charge in [-0.1, -0.05) is 23.2 Å². The van der Waals surface area contributed by atoms with E-state index in [4.69, 9.17) is 23.2 Å². The van der Waals surface area contributed by atoms with Crippen LogP contribution in [0.4, 0.5) is 0 Å². The van der Waals surface area contributed by atoms with Crippen LogP contribution in [0.2, 0.25) is 10.0 Å². The first-order valence-electron chi connectivity index (χ1n) is 4.65. The molecule has 1 aromatic carbocycles. The molecule has 0 amide bonds. The molecule has 0 bridgehead atoms. The van der Waals surface area contributed by atoms with E-state index in [1.165, 1.54) is 0 Å². The Balaban J connectivity index is 2.67. The third-order valence-electron chi connectivity index (χ3n) is 2.44. The number of hydrogen-bond donors (Lipinski definition) is 0. The summed E-state index contributed by atoms with van der Waals surface area (Å²) in [6, 6.07) is 5.35. The highest BCUT2D eigenvalue weighted by molar-refractivity contribution is 9.10. The van der Waals surface area contributed by atoms with E-state index in [2.05, 4.69) is 21.0 Å². The van der Waals surface area contributed by atoms with Crippen molar-refractivity contribution in [3.63, 3.8) is 0 Å². The maximum atomic E-state index is 6.14. The second kappa shape index (κ2) is 4.40. The lowest BCUT2D eigenvalue weighted by Gasteiger charge is -2.02. The van der Waals surface area contributed by atoms with Crippen LogP contribution < -0.4 is 0 Å². The molecular formula is C11H9BrCl2N2. The molecule has 0 fully saturated rings. The van der Waals surface area contributed by atoms with Gasteiger partial charge in [0.05, 0.1) is 9.50 Å². The largest absolute Gasteiger partial charge is 0.271 e. The molecule has 0 radical (unpaired) electrons. The molecule has 0 spiro atoms. The summed E-state index contributed by atoms with van der Waals surface area (Å²) in [5.74, 6) is 0. The molecule has 0 saturated carbocycles. The molecule has 2 nitrogen and oxygen atoms in total. The van der Waals surface area contributed by atoms with E-state index in [0.717, 1.165) is 21.4 Å². The molecule has 84 valence electrons. The highest BCUT2D eigenvalue weighted by atomic mass is 79.9. The van der Waals surface area contributed by atoms with Crippen LogP contribution in [0.15, 0.2) is 22.7 Å². The Morgan fingerprint density at radius 2 is 2.00 bits per heavy atom. The number of aryl methyl sites for hydroxylation is 1. The normalized spacial score (nSPS) is 10.8. The molecule has 0 unspecified atom stereocenters. The summed E-state index contributed by atoms with van der Waals surface area (Å²) < 4.78 is 2.75. The van der Waals surface area contributed by atoms with Gasteiger partial charge in [0.2, 0.25) is 0 Å². The summed E-state index contributed by atoms with van der Waals surface area (Å²) in [5, 5.41) is 5.70. The van der Waals surface area contributed by atoms with Crippen molar-refractivity contribution in [3.05, 3.63) is 38.4 Å². The first-order chi connectivity index (χ1) is 7.50. The van der Waals surface area contributed by atoms with E-state index in [9.17, 15) is 0 Å². The number of hydrogen-bond acceptors (Lipinski definition) is 1. The smallest absolute Gasteiger partial charge is 0.108 e. The number of aromatic nitrogens is 2. The lowest BCUT2D eigenvalue weighted by Crippen LogP contribution is -1.92. The third kappa shape index (κ3) is 1.99. The van der Waals surface area contributed by atoms with Crippen LogP contribution in [0.5, 0.6) is 0 Å². The zero-order chi connectivity index (χ0) is 11.9. The number of benzene rings is 1. The lowest BCUT2D eigenvalue weighted by atomic mass is 10.1. The van der Waals surface area contributed by atoms with Gasteiger partial charge >= 0.3 is 0 Å². The molecule has 0 aliphatic rings. The molecule has 16 heavy (non-hydrogen) atoms. The van der Waals surface area contributed by atoms with Crippen LogP contribution in [-0.4, -0.2) is 9.78 Å². The fourth-order valence-electron chi connectivity index (χ4n) is 1.43. The molecule has 0 saturated heterocycles. The first-order valence-corrected chi connectivity index (χ1v) is 6.20. The summed E-state index contributed by atoms with van der Waals surface area (Å²) in [5.41, 5.74) is 2.70. The van der Waals surface area contributed by atoms with E-state index >= 15 is 0 Å². The monoisotopic (exact) mass is 318 g/mol. The molecule has 1 heterocycles. The average molecular weight is 320 g/mol. The molecule has 5 heteroatoms. The highest BCUT2D eigenvalue weighted by Crippen LogP contribution is 2.35. The summed E-state index contributed by atoms with van der Waals surface area (Å²) in [6.07, 6.45) is 0. The predicted molar refractivity (Wildman–Crippen MR) is 71.1 cm³/mol. The summed E-state index contributed by atoms with van der Waals surface area (Å²) in [6.45, 7) is 1.99. The maximum absolute atomic E-state index is 6.14. The minimum Gasteiger partial charge on any atom is -0.271 e. The van der Waals surface area contributed by atoms with Gasteiger partial charge in [-0.05, 0) is 41.1 Å². The molecular weight excluding hydrogens is 311 g/mol. The summed E-state index contributed by atoms with van der Waals surface area (Å²) in [4.78, 5) is 0. The number of halogens is 3. The minimum absolute atomic E-state index is 0.642. The summed E-state index contributed by atoms with van der Waals surface area (Å²) >= 11 is 15.6. The van der Waals surface area contributed by atoms with Crippen LogP contribution in [-0.2, 0) is 7.05 Å². The van der Waals surface area contributed by atoms with Crippen molar-refractivity contribution in [1.29, 1.82) is 0 Å². The van der Waals surface area contributed by atoms with Crippen LogP contribution in [0.3, 0.4) is 0 Å². The predicted octanol–water partition coefficient (Wildman–Crippen LogP) is 4.46. The zero-order valence-electron chi connectivity index (χ0n) is 8.76. The van der Waals surface area contributed by atoms with E-state index in [1.54, 1.807) is 16.8 Å². The summed E-state index contributed by atoms with van der Waals surface area (Å²) in [7, 11) is 1.89. The lowest BCUT2D eigenvalue weighted by molar-refractivity contribution is 0.742. The van der Waals surface area contributed by atoms with Crippen molar-refractivity contribution in [2.24, 2.45) is 7.05 Å². The Labute approximate surface area is 112 Å². The van der Waals surface area contributed by atoms with Gasteiger partial charge in [-0.25, -0.2) is 0 Å². The van der Waals surface area contributed by atoms with Gasteiger partial charge < -0.3 is 0 Å². The Kier molecular flexibility index (Phi) is 3.29. The van der Waals surface area contributed by atoms with Crippen molar-refractivity contribution >= 4 is 39.1 Å². The third-order valence-corrected chi connectivity index (χ3v) is 3.96. The molecule has 2 rings (SSSR count). The van der Waals surface area contributed by atoms with Gasteiger partial charge in [0.15, 0.2) is 0 Å². The van der Waals surface area contributed by atoms with Crippen molar-refractivity contribution in [3.8, 4) is 11.3 Å². The molecule has 0 atom stereocenters. The average Bonchev–Trinajstić information content (AvgIpc) is 2.50. The van der Waals surface area contributed by atoms with E-state index in [-0.39, 0.29) is 0 Å². The minimum atomic E-state index is 0.642. The first kappa shape index (κ1) is 12.0. The molecule has 2 aromatic rings. The molecule has 0 aliphatic heterocycles. The Hall–Kier alpha value is -0.510. The standard InChI is InChI=1S/C11H9BrCl2N2/c1-6-10(12)11(15-16(6)2)8-5-7(13)3-4-9(8)14/h3-5H,1-2H3. The number of rotatable bonds is 1. The fourth-order valence-corrected chi connectivity index (χ4v) is 2.36. The SMILES string of the molecule is Cc1c(Br)c(-c2cc(Cl)ccc2Cl)nn1C. The van der Waals surface area contributed by atoms with Gasteiger partial charge in [0.25, 0.3) is 0 Å². The van der Waals surface area contributed by atoms with E-state index in [0.29, 0.717) is 10.0 Å². The van der Waals surface area contributed by atoms with Crippen LogP contribution in [0, 0.1) is 6.92 Å². The Morgan fingerprint density at radius 3 is 2.56 bits per heavy atom. The van der Waals surface area contributed by atoms with Gasteiger partial charge in [-0.15, -0.1) is 0 Å². The van der Waals surface area contributed by atoms with Crippen LogP contribution in [0.25, 0.3) is 11.3 Å². The van der Waals surface area contributed by atoms with Gasteiger partial charge in [0.1, 0.15) is 5.69 Å². The van der Waals surface area contributed by atoms with E-state index < -0.39 is 0 Å².